The summed E-state index contributed by atoms with van der Waals surface area (Å²) in [5, 5.41) is 9.49. The summed E-state index contributed by atoms with van der Waals surface area (Å²) in [6, 6.07) is 10.1. The van der Waals surface area contributed by atoms with Gasteiger partial charge < -0.3 is 9.30 Å². The summed E-state index contributed by atoms with van der Waals surface area (Å²) in [5.41, 5.74) is 4.60. The summed E-state index contributed by atoms with van der Waals surface area (Å²) >= 11 is 0. The first-order chi connectivity index (χ1) is 11.7. The van der Waals surface area contributed by atoms with Gasteiger partial charge in [0.15, 0.2) is 0 Å². The van der Waals surface area contributed by atoms with Crippen LogP contribution in [-0.4, -0.2) is 14.8 Å². The van der Waals surface area contributed by atoms with E-state index in [2.05, 4.69) is 47.7 Å². The van der Waals surface area contributed by atoms with Gasteiger partial charge >= 0.3 is 0 Å². The van der Waals surface area contributed by atoms with E-state index in [0.717, 1.165) is 29.4 Å². The highest BCUT2D eigenvalue weighted by atomic mass is 16.5. The van der Waals surface area contributed by atoms with Gasteiger partial charge in [-0.1, -0.05) is 49.4 Å². The highest BCUT2D eigenvalue weighted by Crippen LogP contribution is 2.30. The Kier molecular flexibility index (Phi) is 4.94. The van der Waals surface area contributed by atoms with Crippen molar-refractivity contribution in [1.29, 1.82) is 0 Å². The molecule has 0 amide bonds. The van der Waals surface area contributed by atoms with Crippen LogP contribution in [0.3, 0.4) is 0 Å². The van der Waals surface area contributed by atoms with Crippen molar-refractivity contribution in [1.82, 2.24) is 14.8 Å². The van der Waals surface area contributed by atoms with Crippen LogP contribution in [0.25, 0.3) is 10.9 Å². The van der Waals surface area contributed by atoms with Crippen molar-refractivity contribution in [3.05, 3.63) is 65.5 Å². The van der Waals surface area contributed by atoms with Gasteiger partial charge in [0.1, 0.15) is 12.1 Å². The molecule has 0 aliphatic rings. The molecule has 0 spiro atoms. The molecule has 1 aromatic carbocycles. The second-order valence-electron chi connectivity index (χ2n) is 5.89. The number of fused-ring (bicyclic) bond motifs is 1. The molecule has 0 fully saturated rings. The average molecular weight is 321 g/mol. The van der Waals surface area contributed by atoms with Crippen LogP contribution in [0, 0.1) is 13.8 Å². The van der Waals surface area contributed by atoms with E-state index >= 15 is 0 Å². The Morgan fingerprint density at radius 2 is 1.92 bits per heavy atom. The van der Waals surface area contributed by atoms with Gasteiger partial charge in [0.05, 0.1) is 6.20 Å². The summed E-state index contributed by atoms with van der Waals surface area (Å²) in [7, 11) is 0. The number of benzene rings is 1. The van der Waals surface area contributed by atoms with Gasteiger partial charge in [-0.3, -0.25) is 0 Å². The fourth-order valence-corrected chi connectivity index (χ4v) is 2.86. The summed E-state index contributed by atoms with van der Waals surface area (Å²) in [5.74, 6) is 0.595. The molecule has 0 aliphatic heterocycles. The molecule has 2 heterocycles. The van der Waals surface area contributed by atoms with Gasteiger partial charge in [-0.15, -0.1) is 5.10 Å². The third-order valence-electron chi connectivity index (χ3n) is 4.32. The molecule has 0 saturated heterocycles. The number of aryl methyl sites for hydroxylation is 1. The number of hydrogen-bond acceptors (Lipinski definition) is 3. The fourth-order valence-electron chi connectivity index (χ4n) is 2.86. The lowest BCUT2D eigenvalue weighted by atomic mass is 10.2. The molecule has 0 unspecified atom stereocenters. The maximum atomic E-state index is 6.00. The predicted octanol–water partition coefficient (Wildman–Crippen LogP) is 4.59. The highest BCUT2D eigenvalue weighted by molar-refractivity contribution is 5.88. The Bertz CT molecular complexity index is 850. The molecule has 0 bridgehead atoms. The maximum absolute atomic E-state index is 6.00. The number of ether oxygens (including phenoxy) is 1. The molecule has 0 aliphatic carbocycles. The van der Waals surface area contributed by atoms with E-state index in [-0.39, 0.29) is 0 Å². The average Bonchev–Trinajstić information content (AvgIpc) is 2.86. The Morgan fingerprint density at radius 3 is 2.67 bits per heavy atom. The maximum Gasteiger partial charge on any atom is 0.258 e. The van der Waals surface area contributed by atoms with Gasteiger partial charge in [0, 0.05) is 17.6 Å². The van der Waals surface area contributed by atoms with Crippen molar-refractivity contribution in [2.75, 3.05) is 0 Å². The second-order valence-corrected chi connectivity index (χ2v) is 5.89. The lowest BCUT2D eigenvalue weighted by Crippen LogP contribution is -2.03. The van der Waals surface area contributed by atoms with Gasteiger partial charge in [-0.2, -0.15) is 5.10 Å². The minimum Gasteiger partial charge on any atom is -0.470 e. The van der Waals surface area contributed by atoms with E-state index in [9.17, 15) is 0 Å². The Hall–Kier alpha value is -2.62. The first-order valence-corrected chi connectivity index (χ1v) is 8.35. The van der Waals surface area contributed by atoms with Gasteiger partial charge in [-0.25, -0.2) is 0 Å². The number of hydrogen-bond donors (Lipinski definition) is 0. The minimum absolute atomic E-state index is 0.489. The molecule has 2 aromatic heterocycles. The molecular formula is C20H23N3O. The molecule has 4 nitrogen and oxygen atoms in total. The quantitative estimate of drug-likeness (QED) is 0.623. The SMILES string of the molecule is CC/C=C/Cn1c(C)c(C)c2cnnc(OCc3ccccc3)c21. The van der Waals surface area contributed by atoms with Crippen LogP contribution in [0.15, 0.2) is 48.7 Å². The number of nitrogens with zero attached hydrogens (tertiary/aromatic N) is 3. The summed E-state index contributed by atoms with van der Waals surface area (Å²) in [6.07, 6.45) is 7.23. The van der Waals surface area contributed by atoms with Crippen molar-refractivity contribution in [2.24, 2.45) is 0 Å². The predicted molar refractivity (Wildman–Crippen MR) is 97.2 cm³/mol. The van der Waals surface area contributed by atoms with Crippen LogP contribution in [0.2, 0.25) is 0 Å². The zero-order chi connectivity index (χ0) is 16.9. The van der Waals surface area contributed by atoms with Crippen molar-refractivity contribution >= 4 is 10.9 Å². The molecule has 0 N–H and O–H groups in total. The molecular weight excluding hydrogens is 298 g/mol. The monoisotopic (exact) mass is 321 g/mol. The van der Waals surface area contributed by atoms with Crippen molar-refractivity contribution in [3.63, 3.8) is 0 Å². The molecule has 124 valence electrons. The van der Waals surface area contributed by atoms with Crippen LogP contribution >= 0.6 is 0 Å². The standard InChI is InChI=1S/C20H23N3O/c1-4-5-9-12-23-16(3)15(2)18-13-21-22-20(19(18)23)24-14-17-10-7-6-8-11-17/h5-11,13H,4,12,14H2,1-3H3/b9-5+. The molecule has 0 radical (unpaired) electrons. The van der Waals surface area contributed by atoms with Gasteiger partial charge in [0.2, 0.25) is 0 Å². The number of rotatable bonds is 6. The van der Waals surface area contributed by atoms with Crippen LogP contribution < -0.4 is 4.74 Å². The van der Waals surface area contributed by atoms with E-state index < -0.39 is 0 Å². The second kappa shape index (κ2) is 7.30. The molecule has 0 atom stereocenters. The number of allylic oxidation sites excluding steroid dienone is 2. The Morgan fingerprint density at radius 1 is 1.12 bits per heavy atom. The third kappa shape index (κ3) is 3.18. The van der Waals surface area contributed by atoms with E-state index in [1.54, 1.807) is 0 Å². The Balaban J connectivity index is 1.98. The molecule has 3 rings (SSSR count). The molecule has 24 heavy (non-hydrogen) atoms. The smallest absolute Gasteiger partial charge is 0.258 e. The first kappa shape index (κ1) is 16.2. The van der Waals surface area contributed by atoms with Crippen molar-refractivity contribution < 1.29 is 4.74 Å². The lowest BCUT2D eigenvalue weighted by Gasteiger charge is -2.10. The van der Waals surface area contributed by atoms with E-state index in [4.69, 9.17) is 4.74 Å². The summed E-state index contributed by atoms with van der Waals surface area (Å²) < 4.78 is 8.26. The normalized spacial score (nSPS) is 11.5. The van der Waals surface area contributed by atoms with Crippen LogP contribution in [0.1, 0.15) is 30.2 Å². The van der Waals surface area contributed by atoms with Crippen LogP contribution in [0.4, 0.5) is 0 Å². The first-order valence-electron chi connectivity index (χ1n) is 8.35. The topological polar surface area (TPSA) is 39.9 Å². The van der Waals surface area contributed by atoms with Crippen molar-refractivity contribution in [3.8, 4) is 5.88 Å². The molecule has 3 aromatic rings. The van der Waals surface area contributed by atoms with Crippen LogP contribution in [0.5, 0.6) is 5.88 Å². The van der Waals surface area contributed by atoms with Gasteiger partial charge in [-0.05, 0) is 31.4 Å². The summed E-state index contributed by atoms with van der Waals surface area (Å²) in [4.78, 5) is 0. The molecule has 0 saturated carbocycles. The summed E-state index contributed by atoms with van der Waals surface area (Å²) in [6.45, 7) is 7.71. The van der Waals surface area contributed by atoms with E-state index in [1.165, 1.54) is 11.3 Å². The largest absolute Gasteiger partial charge is 0.470 e. The number of aromatic nitrogens is 3. The minimum atomic E-state index is 0.489. The van der Waals surface area contributed by atoms with Crippen molar-refractivity contribution in [2.45, 2.75) is 40.3 Å². The fraction of sp³-hybridized carbons (Fsp3) is 0.300. The van der Waals surface area contributed by atoms with E-state index in [1.807, 2.05) is 36.5 Å². The van der Waals surface area contributed by atoms with Crippen LogP contribution in [-0.2, 0) is 13.2 Å². The van der Waals surface area contributed by atoms with Gasteiger partial charge in [0.25, 0.3) is 5.88 Å². The molecule has 4 heteroatoms. The zero-order valence-electron chi connectivity index (χ0n) is 14.5. The lowest BCUT2D eigenvalue weighted by molar-refractivity contribution is 0.293. The Labute approximate surface area is 142 Å². The third-order valence-corrected chi connectivity index (χ3v) is 4.32. The highest BCUT2D eigenvalue weighted by Gasteiger charge is 2.16. The van der Waals surface area contributed by atoms with E-state index in [0.29, 0.717) is 12.5 Å². The zero-order valence-corrected chi connectivity index (χ0v) is 14.5.